The van der Waals surface area contributed by atoms with E-state index in [4.69, 9.17) is 0 Å². The van der Waals surface area contributed by atoms with Crippen molar-refractivity contribution >= 4 is 22.6 Å². The quantitative estimate of drug-likeness (QED) is 0.722. The molecular weight excluding hydrogens is 355 g/mol. The highest BCUT2D eigenvalue weighted by atomic mass is 19.1. The first kappa shape index (κ1) is 18.6. The van der Waals surface area contributed by atoms with E-state index in [1.54, 1.807) is 6.07 Å². The van der Waals surface area contributed by atoms with Gasteiger partial charge < -0.3 is 15.2 Å². The van der Waals surface area contributed by atoms with Gasteiger partial charge in [-0.2, -0.15) is 0 Å². The number of piperidine rings is 1. The molecule has 1 aliphatic rings. The predicted molar refractivity (Wildman–Crippen MR) is 110 cm³/mol. The number of nitrogens with zero attached hydrogens (tertiary/aromatic N) is 2. The van der Waals surface area contributed by atoms with E-state index in [1.165, 1.54) is 12.1 Å². The normalized spacial score (nSPS) is 19.7. The first-order valence-corrected chi connectivity index (χ1v) is 9.69. The zero-order valence-electron chi connectivity index (χ0n) is 16.4. The number of amides is 1. The van der Waals surface area contributed by atoms with Crippen LogP contribution >= 0.6 is 0 Å². The maximum absolute atomic E-state index is 13.5. The topological polar surface area (TPSA) is 59.0 Å². The average Bonchev–Trinajstić information content (AvgIpc) is 2.99. The van der Waals surface area contributed by atoms with E-state index in [1.807, 2.05) is 36.7 Å². The summed E-state index contributed by atoms with van der Waals surface area (Å²) in [6, 6.07) is 10.9. The van der Waals surface area contributed by atoms with Crippen molar-refractivity contribution in [1.82, 2.24) is 14.9 Å². The van der Waals surface area contributed by atoms with Gasteiger partial charge in [0.15, 0.2) is 0 Å². The van der Waals surface area contributed by atoms with Crippen molar-refractivity contribution in [2.75, 3.05) is 11.9 Å². The molecule has 0 bridgehead atoms. The number of carbonyl (C=O) groups is 1. The molecule has 1 aliphatic heterocycles. The molecule has 0 unspecified atom stereocenters. The molecule has 28 heavy (non-hydrogen) atoms. The molecule has 1 saturated heterocycles. The Hall–Kier alpha value is -2.73. The van der Waals surface area contributed by atoms with Crippen LogP contribution in [0.5, 0.6) is 0 Å². The van der Waals surface area contributed by atoms with Gasteiger partial charge in [-0.1, -0.05) is 12.1 Å². The molecule has 1 aromatic heterocycles. The van der Waals surface area contributed by atoms with Crippen LogP contribution in [0.4, 0.5) is 10.1 Å². The molecule has 5 nitrogen and oxygen atoms in total. The number of hydrogen-bond acceptors (Lipinski definition) is 3. The molecule has 3 aromatic rings. The van der Waals surface area contributed by atoms with Crippen LogP contribution in [0.15, 0.2) is 36.4 Å². The summed E-state index contributed by atoms with van der Waals surface area (Å²) in [6.45, 7) is 4.96. The summed E-state index contributed by atoms with van der Waals surface area (Å²) in [5.41, 5.74) is 4.17. The molecule has 146 valence electrons. The summed E-state index contributed by atoms with van der Waals surface area (Å²) in [5.74, 6) is 0.537. The van der Waals surface area contributed by atoms with Crippen molar-refractivity contribution in [3.8, 4) is 11.4 Å². The summed E-state index contributed by atoms with van der Waals surface area (Å²) in [5, 5.41) is 6.49. The molecule has 0 saturated carbocycles. The molecule has 1 fully saturated rings. The van der Waals surface area contributed by atoms with Crippen molar-refractivity contribution in [3.05, 3.63) is 47.8 Å². The molecule has 2 heterocycles. The van der Waals surface area contributed by atoms with Gasteiger partial charge in [-0.05, 0) is 57.0 Å². The minimum atomic E-state index is -0.301. The number of aryl methyl sites for hydroxylation is 2. The Morgan fingerprint density at radius 1 is 1.29 bits per heavy atom. The van der Waals surface area contributed by atoms with Gasteiger partial charge in [0.05, 0.1) is 11.0 Å². The third-order valence-electron chi connectivity index (χ3n) is 5.59. The smallest absolute Gasteiger partial charge is 0.227 e. The van der Waals surface area contributed by atoms with Gasteiger partial charge in [0.1, 0.15) is 11.6 Å². The minimum absolute atomic E-state index is 0.0260. The third-order valence-corrected chi connectivity index (χ3v) is 5.59. The third kappa shape index (κ3) is 3.52. The van der Waals surface area contributed by atoms with E-state index >= 15 is 0 Å². The lowest BCUT2D eigenvalue weighted by molar-refractivity contribution is -0.120. The lowest BCUT2D eigenvalue weighted by atomic mass is 9.92. The number of imidazole rings is 1. The number of benzene rings is 2. The maximum Gasteiger partial charge on any atom is 0.227 e. The lowest BCUT2D eigenvalue weighted by Gasteiger charge is -2.27. The van der Waals surface area contributed by atoms with E-state index in [-0.39, 0.29) is 17.6 Å². The zero-order chi connectivity index (χ0) is 19.8. The van der Waals surface area contributed by atoms with Gasteiger partial charge in [0.2, 0.25) is 5.91 Å². The fraction of sp³-hybridized carbons (Fsp3) is 0.364. The van der Waals surface area contributed by atoms with Gasteiger partial charge >= 0.3 is 0 Å². The van der Waals surface area contributed by atoms with Gasteiger partial charge in [-0.3, -0.25) is 4.79 Å². The van der Waals surface area contributed by atoms with Crippen molar-refractivity contribution < 1.29 is 9.18 Å². The molecule has 0 aliphatic carbocycles. The summed E-state index contributed by atoms with van der Waals surface area (Å²) in [4.78, 5) is 17.4. The SMILES string of the molecule is Cc1ccc(-c2nc3cc(F)ccc3n2C)cc1NC(=O)[C@H]1CCN[C@@H](C)C1. The molecule has 4 rings (SSSR count). The molecule has 2 aromatic carbocycles. The number of carbonyl (C=O) groups excluding carboxylic acids is 1. The Labute approximate surface area is 164 Å². The predicted octanol–water partition coefficient (Wildman–Crippen LogP) is 4.01. The van der Waals surface area contributed by atoms with Crippen molar-refractivity contribution in [1.29, 1.82) is 0 Å². The fourth-order valence-electron chi connectivity index (χ4n) is 3.93. The van der Waals surface area contributed by atoms with Gasteiger partial charge in [0, 0.05) is 36.3 Å². The lowest BCUT2D eigenvalue weighted by Crippen LogP contribution is -2.40. The number of fused-ring (bicyclic) bond motifs is 1. The van der Waals surface area contributed by atoms with Crippen LogP contribution in [0.3, 0.4) is 0 Å². The Morgan fingerprint density at radius 2 is 2.11 bits per heavy atom. The summed E-state index contributed by atoms with van der Waals surface area (Å²) < 4.78 is 15.5. The number of halogens is 1. The largest absolute Gasteiger partial charge is 0.327 e. The monoisotopic (exact) mass is 380 g/mol. The summed E-state index contributed by atoms with van der Waals surface area (Å²) >= 11 is 0. The summed E-state index contributed by atoms with van der Waals surface area (Å²) in [7, 11) is 1.91. The highest BCUT2D eigenvalue weighted by Gasteiger charge is 2.25. The number of rotatable bonds is 3. The van der Waals surface area contributed by atoms with E-state index in [0.29, 0.717) is 11.6 Å². The molecule has 1 amide bonds. The van der Waals surface area contributed by atoms with Gasteiger partial charge in [-0.15, -0.1) is 0 Å². The van der Waals surface area contributed by atoms with Crippen LogP contribution in [0, 0.1) is 18.7 Å². The summed E-state index contributed by atoms with van der Waals surface area (Å²) in [6.07, 6.45) is 1.70. The molecule has 0 spiro atoms. The van der Waals surface area contributed by atoms with Gasteiger partial charge in [-0.25, -0.2) is 9.37 Å². The minimum Gasteiger partial charge on any atom is -0.327 e. The average molecular weight is 380 g/mol. The van der Waals surface area contributed by atoms with Crippen LogP contribution in [-0.2, 0) is 11.8 Å². The Kier molecular flexibility index (Phi) is 4.89. The molecule has 2 N–H and O–H groups in total. The second kappa shape index (κ2) is 7.36. The maximum atomic E-state index is 13.5. The van der Waals surface area contributed by atoms with E-state index in [0.717, 1.165) is 47.5 Å². The van der Waals surface area contributed by atoms with Crippen LogP contribution in [0.2, 0.25) is 0 Å². The van der Waals surface area contributed by atoms with E-state index < -0.39 is 0 Å². The number of hydrogen-bond donors (Lipinski definition) is 2. The second-order valence-electron chi connectivity index (χ2n) is 7.72. The standard InChI is InChI=1S/C22H25FN4O/c1-13-4-5-15(21-25-19-12-17(23)6-7-20(19)27(21)3)11-18(13)26-22(28)16-8-9-24-14(2)10-16/h4-7,11-12,14,16,24H,8-10H2,1-3H3,(H,26,28)/t14-,16-/m0/s1. The zero-order valence-corrected chi connectivity index (χ0v) is 16.4. The van der Waals surface area contributed by atoms with E-state index in [9.17, 15) is 9.18 Å². The Morgan fingerprint density at radius 3 is 2.89 bits per heavy atom. The van der Waals surface area contributed by atoms with Crippen molar-refractivity contribution in [2.45, 2.75) is 32.7 Å². The van der Waals surface area contributed by atoms with Crippen LogP contribution in [0.1, 0.15) is 25.3 Å². The second-order valence-corrected chi connectivity index (χ2v) is 7.72. The molecule has 2 atom stereocenters. The first-order valence-electron chi connectivity index (χ1n) is 9.69. The van der Waals surface area contributed by atoms with Crippen molar-refractivity contribution in [2.24, 2.45) is 13.0 Å². The van der Waals surface area contributed by atoms with Crippen molar-refractivity contribution in [3.63, 3.8) is 0 Å². The van der Waals surface area contributed by atoms with Crippen LogP contribution in [0.25, 0.3) is 22.4 Å². The first-order chi connectivity index (χ1) is 13.4. The molecular formula is C22H25FN4O. The number of nitrogens with one attached hydrogen (secondary N) is 2. The Bertz CT molecular complexity index is 1040. The van der Waals surface area contributed by atoms with Gasteiger partial charge in [0.25, 0.3) is 0 Å². The molecule has 0 radical (unpaired) electrons. The van der Waals surface area contributed by atoms with E-state index in [2.05, 4.69) is 22.5 Å². The Balaban J connectivity index is 1.64. The molecule has 6 heteroatoms. The van der Waals surface area contributed by atoms with Crippen LogP contribution < -0.4 is 10.6 Å². The number of anilines is 1. The fourth-order valence-corrected chi connectivity index (χ4v) is 3.93. The number of aromatic nitrogens is 2. The highest BCUT2D eigenvalue weighted by Crippen LogP contribution is 2.29. The highest BCUT2D eigenvalue weighted by molar-refractivity contribution is 5.94. The van der Waals surface area contributed by atoms with Crippen LogP contribution in [-0.4, -0.2) is 28.0 Å².